The molecule has 0 spiro atoms. The van der Waals surface area contributed by atoms with Crippen molar-refractivity contribution in [2.75, 3.05) is 13.1 Å². The summed E-state index contributed by atoms with van der Waals surface area (Å²) in [5.74, 6) is 0.484. The fourth-order valence-corrected chi connectivity index (χ4v) is 2.88. The van der Waals surface area contributed by atoms with Crippen molar-refractivity contribution in [2.45, 2.75) is 32.2 Å². The average Bonchev–Trinajstić information content (AvgIpc) is 2.37. The lowest BCUT2D eigenvalue weighted by Crippen LogP contribution is -2.49. The van der Waals surface area contributed by atoms with E-state index in [-0.39, 0.29) is 23.8 Å². The van der Waals surface area contributed by atoms with Gasteiger partial charge < -0.3 is 10.6 Å². The molecule has 0 radical (unpaired) electrons. The van der Waals surface area contributed by atoms with Crippen LogP contribution in [0.4, 0.5) is 0 Å². The number of carbonyl (C=O) groups excluding carboxylic acids is 1. The van der Waals surface area contributed by atoms with E-state index in [2.05, 4.69) is 6.07 Å². The Bertz CT molecular complexity index is 461. The fourth-order valence-electron chi connectivity index (χ4n) is 2.69. The minimum atomic E-state index is 0.0188. The molecule has 0 bridgehead atoms. The molecule has 0 aromatic heterocycles. The second-order valence-corrected chi connectivity index (χ2v) is 6.08. The van der Waals surface area contributed by atoms with Gasteiger partial charge in [0.25, 0.3) is 0 Å². The molecule has 2 N–H and O–H groups in total. The summed E-state index contributed by atoms with van der Waals surface area (Å²) < 4.78 is 0. The monoisotopic (exact) mass is 280 g/mol. The first-order valence-corrected chi connectivity index (χ1v) is 7.15. The quantitative estimate of drug-likeness (QED) is 0.905. The first-order valence-electron chi connectivity index (χ1n) is 6.77. The van der Waals surface area contributed by atoms with E-state index in [1.165, 1.54) is 5.56 Å². The molecule has 1 aromatic rings. The third kappa shape index (κ3) is 3.48. The first kappa shape index (κ1) is 14.4. The van der Waals surface area contributed by atoms with Gasteiger partial charge in [0.1, 0.15) is 0 Å². The van der Waals surface area contributed by atoms with E-state index in [0.717, 1.165) is 18.0 Å². The number of nitrogens with zero attached hydrogens (tertiary/aromatic N) is 1. The molecule has 1 aliphatic heterocycles. The number of nitrogens with two attached hydrogens (primary N) is 1. The summed E-state index contributed by atoms with van der Waals surface area (Å²) in [5.41, 5.74) is 7.27. The second kappa shape index (κ2) is 5.93. The van der Waals surface area contributed by atoms with Gasteiger partial charge in [-0.05, 0) is 24.1 Å². The molecule has 19 heavy (non-hydrogen) atoms. The van der Waals surface area contributed by atoms with Crippen LogP contribution in [0.1, 0.15) is 31.7 Å². The van der Waals surface area contributed by atoms with E-state index in [4.69, 9.17) is 17.3 Å². The Morgan fingerprint density at radius 1 is 1.42 bits per heavy atom. The molecule has 1 aliphatic rings. The van der Waals surface area contributed by atoms with Crippen LogP contribution in [-0.2, 0) is 4.79 Å². The zero-order valence-corrected chi connectivity index (χ0v) is 12.2. The highest BCUT2D eigenvalue weighted by atomic mass is 35.5. The van der Waals surface area contributed by atoms with Crippen LogP contribution < -0.4 is 5.73 Å². The number of rotatable bonds is 2. The van der Waals surface area contributed by atoms with Crippen molar-refractivity contribution in [1.29, 1.82) is 0 Å². The summed E-state index contributed by atoms with van der Waals surface area (Å²) in [6.07, 6.45) is 0.905. The van der Waals surface area contributed by atoms with Gasteiger partial charge in [-0.25, -0.2) is 0 Å². The van der Waals surface area contributed by atoms with Gasteiger partial charge >= 0.3 is 0 Å². The second-order valence-electron chi connectivity index (χ2n) is 5.65. The number of hydrogen-bond donors (Lipinski definition) is 1. The summed E-state index contributed by atoms with van der Waals surface area (Å²) in [5, 5.41) is 0.735. The number of halogens is 1. The number of carbonyl (C=O) groups is 1. The molecule has 2 atom stereocenters. The van der Waals surface area contributed by atoms with E-state index in [1.54, 1.807) is 0 Å². The highest BCUT2D eigenvalue weighted by Crippen LogP contribution is 2.28. The van der Waals surface area contributed by atoms with Crippen LogP contribution in [0.15, 0.2) is 24.3 Å². The minimum Gasteiger partial charge on any atom is -0.340 e. The van der Waals surface area contributed by atoms with Crippen LogP contribution in [0.25, 0.3) is 0 Å². The van der Waals surface area contributed by atoms with Crippen LogP contribution in [0.3, 0.4) is 0 Å². The maximum Gasteiger partial charge on any atom is 0.225 e. The van der Waals surface area contributed by atoms with E-state index < -0.39 is 0 Å². The molecule has 3 nitrogen and oxygen atoms in total. The van der Waals surface area contributed by atoms with Gasteiger partial charge in [-0.1, -0.05) is 37.6 Å². The lowest BCUT2D eigenvalue weighted by molar-refractivity contribution is -0.136. The molecular formula is C15H21ClN2O. The van der Waals surface area contributed by atoms with Crippen LogP contribution in [0.5, 0.6) is 0 Å². The standard InChI is InChI=1S/C15H21ClN2O/c1-10(2)15(19)18-8-12(7-14(17)9-18)11-4-3-5-13(16)6-11/h3-6,10,12,14H,7-9,17H2,1-2H3. The SMILES string of the molecule is CC(C)C(=O)N1CC(N)CC(c2cccc(Cl)c2)C1. The van der Waals surface area contributed by atoms with E-state index in [0.29, 0.717) is 6.54 Å². The van der Waals surface area contributed by atoms with Crippen LogP contribution >= 0.6 is 11.6 Å². The Balaban J connectivity index is 2.16. The molecule has 1 fully saturated rings. The van der Waals surface area contributed by atoms with Gasteiger partial charge in [-0.15, -0.1) is 0 Å². The largest absolute Gasteiger partial charge is 0.340 e. The van der Waals surface area contributed by atoms with E-state index in [9.17, 15) is 4.79 Å². The number of piperidine rings is 1. The first-order chi connectivity index (χ1) is 8.97. The van der Waals surface area contributed by atoms with Gasteiger partial charge in [-0.3, -0.25) is 4.79 Å². The zero-order valence-electron chi connectivity index (χ0n) is 11.5. The molecule has 1 heterocycles. The van der Waals surface area contributed by atoms with Gasteiger partial charge in [0, 0.05) is 36.0 Å². The van der Waals surface area contributed by atoms with E-state index >= 15 is 0 Å². The topological polar surface area (TPSA) is 46.3 Å². The molecule has 104 valence electrons. The number of benzene rings is 1. The molecule has 4 heteroatoms. The predicted molar refractivity (Wildman–Crippen MR) is 78.2 cm³/mol. The van der Waals surface area contributed by atoms with Crippen LogP contribution in [0.2, 0.25) is 5.02 Å². The van der Waals surface area contributed by atoms with Crippen LogP contribution in [0, 0.1) is 5.92 Å². The van der Waals surface area contributed by atoms with Gasteiger partial charge in [-0.2, -0.15) is 0 Å². The molecule has 0 saturated carbocycles. The maximum absolute atomic E-state index is 12.1. The Labute approximate surface area is 119 Å². The maximum atomic E-state index is 12.1. The fraction of sp³-hybridized carbons (Fsp3) is 0.533. The normalized spacial score (nSPS) is 23.7. The number of likely N-dealkylation sites (tertiary alicyclic amines) is 1. The van der Waals surface area contributed by atoms with E-state index in [1.807, 2.05) is 36.9 Å². The molecule has 1 amide bonds. The average molecular weight is 281 g/mol. The molecule has 2 rings (SSSR count). The van der Waals surface area contributed by atoms with Gasteiger partial charge in [0.15, 0.2) is 0 Å². The van der Waals surface area contributed by atoms with Crippen molar-refractivity contribution in [3.8, 4) is 0 Å². The molecule has 0 aliphatic carbocycles. The smallest absolute Gasteiger partial charge is 0.225 e. The summed E-state index contributed by atoms with van der Waals surface area (Å²) >= 11 is 6.04. The molecule has 2 unspecified atom stereocenters. The van der Waals surface area contributed by atoms with Crippen molar-refractivity contribution in [1.82, 2.24) is 4.90 Å². The summed E-state index contributed by atoms with van der Waals surface area (Å²) in [6, 6.07) is 7.90. The van der Waals surface area contributed by atoms with Crippen molar-refractivity contribution in [2.24, 2.45) is 11.7 Å². The summed E-state index contributed by atoms with van der Waals surface area (Å²) in [7, 11) is 0. The Morgan fingerprint density at radius 2 is 2.16 bits per heavy atom. The number of hydrogen-bond acceptors (Lipinski definition) is 2. The third-order valence-corrected chi connectivity index (χ3v) is 3.84. The highest BCUT2D eigenvalue weighted by molar-refractivity contribution is 6.30. The predicted octanol–water partition coefficient (Wildman–Crippen LogP) is 2.64. The Kier molecular flexibility index (Phi) is 4.48. The lowest BCUT2D eigenvalue weighted by atomic mass is 9.88. The van der Waals surface area contributed by atoms with Crippen molar-refractivity contribution in [3.63, 3.8) is 0 Å². The van der Waals surface area contributed by atoms with Gasteiger partial charge in [0.2, 0.25) is 5.91 Å². The Morgan fingerprint density at radius 3 is 2.79 bits per heavy atom. The van der Waals surface area contributed by atoms with Gasteiger partial charge in [0.05, 0.1) is 0 Å². The zero-order chi connectivity index (χ0) is 14.0. The molecule has 1 saturated heterocycles. The van der Waals surface area contributed by atoms with Crippen molar-refractivity contribution in [3.05, 3.63) is 34.9 Å². The lowest BCUT2D eigenvalue weighted by Gasteiger charge is -2.37. The minimum absolute atomic E-state index is 0.0188. The molecular weight excluding hydrogens is 260 g/mol. The highest BCUT2D eigenvalue weighted by Gasteiger charge is 2.29. The number of amides is 1. The third-order valence-electron chi connectivity index (χ3n) is 3.61. The summed E-state index contributed by atoms with van der Waals surface area (Å²) in [6.45, 7) is 5.26. The Hall–Kier alpha value is -1.06. The van der Waals surface area contributed by atoms with Crippen LogP contribution in [-0.4, -0.2) is 29.9 Å². The van der Waals surface area contributed by atoms with Crippen molar-refractivity contribution < 1.29 is 4.79 Å². The molecule has 1 aromatic carbocycles. The summed E-state index contributed by atoms with van der Waals surface area (Å²) in [4.78, 5) is 14.0. The van der Waals surface area contributed by atoms with Crippen molar-refractivity contribution >= 4 is 17.5 Å².